The molecule has 0 bridgehead atoms. The number of carbonyl (C=O) groups is 1. The molecule has 1 aromatic carbocycles. The van der Waals surface area contributed by atoms with Crippen LogP contribution in [0.1, 0.15) is 33.1 Å². The highest BCUT2D eigenvalue weighted by Crippen LogP contribution is 2.28. The van der Waals surface area contributed by atoms with E-state index < -0.39 is 0 Å². The van der Waals surface area contributed by atoms with Crippen LogP contribution in [0.3, 0.4) is 0 Å². The van der Waals surface area contributed by atoms with Crippen molar-refractivity contribution in [3.05, 3.63) is 18.2 Å². The lowest BCUT2D eigenvalue weighted by Crippen LogP contribution is -2.48. The van der Waals surface area contributed by atoms with Gasteiger partial charge in [-0.3, -0.25) is 4.79 Å². The standard InChI is InChI=1S/C18H25N5O3S/c1-12-6-5-7-13(2)22(12)17(24)11-27-18-19-20-21-23(18)14-8-15(25-3)10-16(9-14)26-4/h8-10,12-13H,5-7,11H2,1-4H3/t12-,13-/m0/s1. The molecule has 146 valence electrons. The average Bonchev–Trinajstić information content (AvgIpc) is 3.14. The molecule has 0 aliphatic carbocycles. The first-order valence-electron chi connectivity index (χ1n) is 8.99. The predicted molar refractivity (Wildman–Crippen MR) is 103 cm³/mol. The van der Waals surface area contributed by atoms with Crippen molar-refractivity contribution in [3.63, 3.8) is 0 Å². The van der Waals surface area contributed by atoms with Gasteiger partial charge in [0.1, 0.15) is 11.5 Å². The van der Waals surface area contributed by atoms with Crippen LogP contribution in [0.25, 0.3) is 5.69 Å². The molecule has 1 amide bonds. The van der Waals surface area contributed by atoms with Crippen LogP contribution in [0.15, 0.2) is 23.4 Å². The summed E-state index contributed by atoms with van der Waals surface area (Å²) < 4.78 is 12.2. The molecule has 0 saturated carbocycles. The zero-order valence-electron chi connectivity index (χ0n) is 16.1. The van der Waals surface area contributed by atoms with Crippen LogP contribution < -0.4 is 9.47 Å². The molecule has 1 aliphatic heterocycles. The van der Waals surface area contributed by atoms with Gasteiger partial charge in [-0.25, -0.2) is 0 Å². The van der Waals surface area contributed by atoms with E-state index in [2.05, 4.69) is 29.4 Å². The summed E-state index contributed by atoms with van der Waals surface area (Å²) in [6, 6.07) is 5.98. The Morgan fingerprint density at radius 1 is 1.15 bits per heavy atom. The van der Waals surface area contributed by atoms with Crippen LogP contribution in [0.5, 0.6) is 11.5 Å². The second-order valence-corrected chi connectivity index (χ2v) is 7.61. The van der Waals surface area contributed by atoms with Crippen molar-refractivity contribution >= 4 is 17.7 Å². The number of nitrogens with zero attached hydrogens (tertiary/aromatic N) is 5. The molecule has 8 nitrogen and oxygen atoms in total. The zero-order chi connectivity index (χ0) is 19.4. The van der Waals surface area contributed by atoms with Crippen LogP contribution in [-0.2, 0) is 4.79 Å². The molecule has 0 unspecified atom stereocenters. The lowest BCUT2D eigenvalue weighted by Gasteiger charge is -2.39. The number of piperidine rings is 1. The van der Waals surface area contributed by atoms with Crippen LogP contribution in [-0.4, -0.2) is 63.1 Å². The molecule has 0 spiro atoms. The molecular formula is C18H25N5O3S. The number of hydrogen-bond acceptors (Lipinski definition) is 7. The molecule has 9 heteroatoms. The number of likely N-dealkylation sites (tertiary alicyclic amines) is 1. The fourth-order valence-electron chi connectivity index (χ4n) is 3.46. The van der Waals surface area contributed by atoms with Gasteiger partial charge in [-0.2, -0.15) is 4.68 Å². The van der Waals surface area contributed by atoms with Gasteiger partial charge in [0.05, 0.1) is 25.7 Å². The third-order valence-corrected chi connectivity index (χ3v) is 5.73. The van der Waals surface area contributed by atoms with Crippen molar-refractivity contribution in [3.8, 4) is 17.2 Å². The number of rotatable bonds is 6. The SMILES string of the molecule is COc1cc(OC)cc(-n2nnnc2SCC(=O)N2[C@@H](C)CCC[C@@H]2C)c1. The molecule has 3 rings (SSSR count). The van der Waals surface area contributed by atoms with E-state index in [1.54, 1.807) is 25.0 Å². The van der Waals surface area contributed by atoms with Crippen molar-refractivity contribution in [2.24, 2.45) is 0 Å². The molecule has 1 saturated heterocycles. The third kappa shape index (κ3) is 4.35. The van der Waals surface area contributed by atoms with E-state index in [-0.39, 0.29) is 18.0 Å². The lowest BCUT2D eigenvalue weighted by atomic mass is 9.98. The number of tetrazole rings is 1. The van der Waals surface area contributed by atoms with Crippen molar-refractivity contribution in [2.45, 2.75) is 50.4 Å². The molecule has 1 aliphatic rings. The minimum absolute atomic E-state index is 0.123. The van der Waals surface area contributed by atoms with E-state index in [0.717, 1.165) is 12.8 Å². The quantitative estimate of drug-likeness (QED) is 0.700. The van der Waals surface area contributed by atoms with E-state index >= 15 is 0 Å². The topological polar surface area (TPSA) is 82.4 Å². The van der Waals surface area contributed by atoms with Crippen molar-refractivity contribution in [1.82, 2.24) is 25.1 Å². The summed E-state index contributed by atoms with van der Waals surface area (Å²) in [4.78, 5) is 14.7. The summed E-state index contributed by atoms with van der Waals surface area (Å²) >= 11 is 1.34. The van der Waals surface area contributed by atoms with E-state index in [1.165, 1.54) is 18.2 Å². The molecule has 27 heavy (non-hydrogen) atoms. The van der Waals surface area contributed by atoms with Gasteiger partial charge in [0, 0.05) is 30.3 Å². The molecule has 2 atom stereocenters. The number of amides is 1. The van der Waals surface area contributed by atoms with Crippen molar-refractivity contribution in [2.75, 3.05) is 20.0 Å². The largest absolute Gasteiger partial charge is 0.497 e. The summed E-state index contributed by atoms with van der Waals surface area (Å²) in [6.07, 6.45) is 3.29. The maximum Gasteiger partial charge on any atom is 0.233 e. The smallest absolute Gasteiger partial charge is 0.233 e. The number of aromatic nitrogens is 4. The number of thioether (sulfide) groups is 1. The number of hydrogen-bond donors (Lipinski definition) is 0. The zero-order valence-corrected chi connectivity index (χ0v) is 16.9. The van der Waals surface area contributed by atoms with E-state index in [1.807, 2.05) is 17.0 Å². The van der Waals surface area contributed by atoms with Gasteiger partial charge < -0.3 is 14.4 Å². The van der Waals surface area contributed by atoms with Gasteiger partial charge >= 0.3 is 0 Å². The summed E-state index contributed by atoms with van der Waals surface area (Å²) in [5, 5.41) is 12.4. The summed E-state index contributed by atoms with van der Waals surface area (Å²) in [6.45, 7) is 4.23. The second-order valence-electron chi connectivity index (χ2n) is 6.66. The van der Waals surface area contributed by atoms with Gasteiger partial charge in [0.2, 0.25) is 11.1 Å². The molecular weight excluding hydrogens is 366 g/mol. The molecule has 1 aromatic heterocycles. The van der Waals surface area contributed by atoms with Gasteiger partial charge in [-0.05, 0) is 43.5 Å². The Balaban J connectivity index is 1.75. The summed E-state index contributed by atoms with van der Waals surface area (Å²) in [5.41, 5.74) is 0.714. The first-order chi connectivity index (χ1) is 13.0. The molecule has 2 heterocycles. The van der Waals surface area contributed by atoms with Crippen molar-refractivity contribution < 1.29 is 14.3 Å². The predicted octanol–water partition coefficient (Wildman–Crippen LogP) is 2.56. The maximum absolute atomic E-state index is 12.8. The van der Waals surface area contributed by atoms with E-state index in [4.69, 9.17) is 9.47 Å². The Morgan fingerprint density at radius 2 is 1.78 bits per heavy atom. The maximum atomic E-state index is 12.8. The fourth-order valence-corrected chi connectivity index (χ4v) is 4.22. The van der Waals surface area contributed by atoms with Gasteiger partial charge in [0.25, 0.3) is 0 Å². The van der Waals surface area contributed by atoms with E-state index in [0.29, 0.717) is 28.1 Å². The molecule has 1 fully saturated rings. The fraction of sp³-hybridized carbons (Fsp3) is 0.556. The molecule has 2 aromatic rings. The second kappa shape index (κ2) is 8.60. The number of carbonyl (C=O) groups excluding carboxylic acids is 1. The van der Waals surface area contributed by atoms with E-state index in [9.17, 15) is 4.79 Å². The highest BCUT2D eigenvalue weighted by atomic mass is 32.2. The van der Waals surface area contributed by atoms with Gasteiger partial charge in [-0.1, -0.05) is 11.8 Å². The highest BCUT2D eigenvalue weighted by Gasteiger charge is 2.29. The van der Waals surface area contributed by atoms with Crippen LogP contribution in [0.4, 0.5) is 0 Å². The Bertz CT molecular complexity index is 765. The number of methoxy groups -OCH3 is 2. The minimum atomic E-state index is 0.123. The van der Waals surface area contributed by atoms with Gasteiger partial charge in [0.15, 0.2) is 0 Å². The highest BCUT2D eigenvalue weighted by molar-refractivity contribution is 7.99. The summed E-state index contributed by atoms with van der Waals surface area (Å²) in [5.74, 6) is 1.71. The van der Waals surface area contributed by atoms with Crippen molar-refractivity contribution in [1.29, 1.82) is 0 Å². The first kappa shape index (κ1) is 19.5. The lowest BCUT2D eigenvalue weighted by molar-refractivity contribution is -0.134. The Hall–Kier alpha value is -2.29. The van der Waals surface area contributed by atoms with Crippen LogP contribution in [0, 0.1) is 0 Å². The minimum Gasteiger partial charge on any atom is -0.497 e. The Morgan fingerprint density at radius 3 is 2.37 bits per heavy atom. The normalized spacial score (nSPS) is 19.8. The molecule has 0 radical (unpaired) electrons. The first-order valence-corrected chi connectivity index (χ1v) is 9.97. The monoisotopic (exact) mass is 391 g/mol. The third-order valence-electron chi connectivity index (χ3n) is 4.83. The Kier molecular flexibility index (Phi) is 6.20. The number of ether oxygens (including phenoxy) is 2. The Labute approximate surface area is 163 Å². The molecule has 0 N–H and O–H groups in total. The van der Waals surface area contributed by atoms with Crippen LogP contribution in [0.2, 0.25) is 0 Å². The van der Waals surface area contributed by atoms with Gasteiger partial charge in [-0.15, -0.1) is 5.10 Å². The number of benzene rings is 1. The average molecular weight is 391 g/mol. The van der Waals surface area contributed by atoms with Crippen LogP contribution >= 0.6 is 11.8 Å². The summed E-state index contributed by atoms with van der Waals surface area (Å²) in [7, 11) is 3.18.